The fourth-order valence-corrected chi connectivity index (χ4v) is 2.18. The zero-order valence-electron chi connectivity index (χ0n) is 14.0. The minimum atomic E-state index is -0.339. The summed E-state index contributed by atoms with van der Waals surface area (Å²) in [4.78, 5) is 11.7. The van der Waals surface area contributed by atoms with Crippen LogP contribution in [0.25, 0.3) is 0 Å². The first-order valence-electron chi connectivity index (χ1n) is 8.10. The summed E-state index contributed by atoms with van der Waals surface area (Å²) in [5.41, 5.74) is 2.93. The molecule has 5 heteroatoms. The third-order valence-corrected chi connectivity index (χ3v) is 3.37. The lowest BCUT2D eigenvalue weighted by Gasteiger charge is -2.08. The molecule has 0 radical (unpaired) electrons. The molecule has 0 aliphatic heterocycles. The van der Waals surface area contributed by atoms with Gasteiger partial charge >= 0.3 is 6.03 Å². The summed E-state index contributed by atoms with van der Waals surface area (Å²) >= 11 is 0. The van der Waals surface area contributed by atoms with E-state index in [1.807, 2.05) is 42.5 Å². The summed E-state index contributed by atoms with van der Waals surface area (Å²) in [5.74, 6) is 5.08. The molecular weight excluding hydrogens is 316 g/mol. The molecule has 0 atom stereocenters. The van der Waals surface area contributed by atoms with Crippen molar-refractivity contribution in [3.05, 3.63) is 65.7 Å². The number of nitrogens with one attached hydrogen (secondary N) is 2. The Hall–Kier alpha value is -2.81. The molecule has 0 aromatic heterocycles. The Labute approximate surface area is 148 Å². The van der Waals surface area contributed by atoms with Crippen molar-refractivity contribution in [2.45, 2.75) is 13.0 Å². The number of benzene rings is 2. The van der Waals surface area contributed by atoms with Crippen molar-refractivity contribution in [3.63, 3.8) is 0 Å². The van der Waals surface area contributed by atoms with E-state index in [9.17, 15) is 4.79 Å². The Morgan fingerprint density at radius 1 is 1.04 bits per heavy atom. The second kappa shape index (κ2) is 10.9. The Balaban J connectivity index is 1.73. The average Bonchev–Trinajstić information content (AvgIpc) is 2.64. The van der Waals surface area contributed by atoms with Crippen molar-refractivity contribution >= 4 is 11.7 Å². The fraction of sp³-hybridized carbons (Fsp3) is 0.250. The molecule has 130 valence electrons. The summed E-state index contributed by atoms with van der Waals surface area (Å²) in [6.45, 7) is 1.11. The number of carbonyl (C=O) groups excluding carboxylic acids is 1. The van der Waals surface area contributed by atoms with Crippen molar-refractivity contribution in [3.8, 4) is 11.8 Å². The van der Waals surface area contributed by atoms with Crippen molar-refractivity contribution in [1.29, 1.82) is 0 Å². The largest absolute Gasteiger partial charge is 0.384 e. The van der Waals surface area contributed by atoms with Gasteiger partial charge in [-0.1, -0.05) is 54.3 Å². The van der Waals surface area contributed by atoms with Crippen LogP contribution in [0, 0.1) is 11.8 Å². The maximum absolute atomic E-state index is 11.7. The third-order valence-electron chi connectivity index (χ3n) is 3.37. The van der Waals surface area contributed by atoms with Crippen molar-refractivity contribution in [1.82, 2.24) is 5.32 Å². The van der Waals surface area contributed by atoms with Crippen molar-refractivity contribution in [2.24, 2.45) is 0 Å². The van der Waals surface area contributed by atoms with Gasteiger partial charge in [0.2, 0.25) is 0 Å². The molecule has 25 heavy (non-hydrogen) atoms. The van der Waals surface area contributed by atoms with Gasteiger partial charge < -0.3 is 20.5 Å². The summed E-state index contributed by atoms with van der Waals surface area (Å²) in [7, 11) is 0. The molecule has 2 amide bonds. The molecule has 2 rings (SSSR count). The SMILES string of the molecule is O=C(NCC#CCO)Nc1cccc(COCCc2ccccc2)c1. The van der Waals surface area contributed by atoms with Crippen LogP contribution in [0.2, 0.25) is 0 Å². The zero-order valence-corrected chi connectivity index (χ0v) is 14.0. The van der Waals surface area contributed by atoms with Crippen LogP contribution in [0.15, 0.2) is 54.6 Å². The first-order chi connectivity index (χ1) is 12.3. The predicted molar refractivity (Wildman–Crippen MR) is 98.1 cm³/mol. The highest BCUT2D eigenvalue weighted by Gasteiger charge is 2.01. The van der Waals surface area contributed by atoms with E-state index < -0.39 is 0 Å². The van der Waals surface area contributed by atoms with Gasteiger partial charge in [0, 0.05) is 5.69 Å². The number of amides is 2. The number of anilines is 1. The van der Waals surface area contributed by atoms with Crippen LogP contribution >= 0.6 is 0 Å². The van der Waals surface area contributed by atoms with Gasteiger partial charge in [-0.15, -0.1) is 0 Å². The molecule has 0 saturated heterocycles. The second-order valence-corrected chi connectivity index (χ2v) is 5.31. The highest BCUT2D eigenvalue weighted by Crippen LogP contribution is 2.12. The summed E-state index contributed by atoms with van der Waals surface area (Å²) in [5, 5.41) is 13.9. The lowest BCUT2D eigenvalue weighted by Crippen LogP contribution is -2.28. The number of aliphatic hydroxyl groups excluding tert-OH is 1. The minimum absolute atomic E-state index is 0.189. The van der Waals surface area contributed by atoms with Crippen LogP contribution in [0.3, 0.4) is 0 Å². The van der Waals surface area contributed by atoms with E-state index in [0.29, 0.717) is 18.9 Å². The molecule has 0 fully saturated rings. The minimum Gasteiger partial charge on any atom is -0.384 e. The fourth-order valence-electron chi connectivity index (χ4n) is 2.18. The van der Waals surface area contributed by atoms with Gasteiger partial charge in [0.25, 0.3) is 0 Å². The van der Waals surface area contributed by atoms with Crippen molar-refractivity contribution in [2.75, 3.05) is 25.1 Å². The molecule has 0 unspecified atom stereocenters. The topological polar surface area (TPSA) is 70.6 Å². The number of hydrogen-bond acceptors (Lipinski definition) is 3. The van der Waals surface area contributed by atoms with E-state index in [1.54, 1.807) is 0 Å². The van der Waals surface area contributed by atoms with Crippen LogP contribution < -0.4 is 10.6 Å². The van der Waals surface area contributed by atoms with Crippen LogP contribution in [0.1, 0.15) is 11.1 Å². The monoisotopic (exact) mass is 338 g/mol. The Kier molecular flexibility index (Phi) is 8.06. The van der Waals surface area contributed by atoms with Gasteiger partial charge in [0.05, 0.1) is 19.8 Å². The number of urea groups is 1. The van der Waals surface area contributed by atoms with Crippen LogP contribution in [-0.2, 0) is 17.8 Å². The Bertz CT molecular complexity index is 720. The highest BCUT2D eigenvalue weighted by atomic mass is 16.5. The van der Waals surface area contributed by atoms with Gasteiger partial charge in [-0.25, -0.2) is 4.79 Å². The van der Waals surface area contributed by atoms with Crippen LogP contribution in [-0.4, -0.2) is 30.9 Å². The van der Waals surface area contributed by atoms with E-state index in [1.165, 1.54) is 5.56 Å². The van der Waals surface area contributed by atoms with E-state index in [-0.39, 0.29) is 19.2 Å². The van der Waals surface area contributed by atoms with E-state index in [4.69, 9.17) is 9.84 Å². The van der Waals surface area contributed by atoms with Gasteiger partial charge in [-0.2, -0.15) is 0 Å². The molecule has 2 aromatic rings. The van der Waals surface area contributed by atoms with E-state index >= 15 is 0 Å². The number of ether oxygens (including phenoxy) is 1. The summed E-state index contributed by atoms with van der Waals surface area (Å²) in [6.07, 6.45) is 0.871. The molecule has 0 spiro atoms. The van der Waals surface area contributed by atoms with Crippen LogP contribution in [0.4, 0.5) is 10.5 Å². The standard InChI is InChI=1S/C20H22N2O3/c23-13-5-4-12-21-20(24)22-19-10-6-9-18(15-19)16-25-14-11-17-7-2-1-3-8-17/h1-3,6-10,15,23H,11-14,16H2,(H2,21,22,24). The molecule has 2 aromatic carbocycles. The quantitative estimate of drug-likeness (QED) is 0.537. The maximum atomic E-state index is 11.7. The van der Waals surface area contributed by atoms with Gasteiger partial charge in [0.15, 0.2) is 0 Å². The molecule has 0 aliphatic rings. The van der Waals surface area contributed by atoms with Gasteiger partial charge in [-0.05, 0) is 29.7 Å². The lowest BCUT2D eigenvalue weighted by atomic mass is 10.2. The molecule has 0 bridgehead atoms. The van der Waals surface area contributed by atoms with E-state index in [2.05, 4.69) is 34.6 Å². The average molecular weight is 338 g/mol. The normalized spacial score (nSPS) is 9.80. The van der Waals surface area contributed by atoms with Crippen molar-refractivity contribution < 1.29 is 14.6 Å². The molecule has 5 nitrogen and oxygen atoms in total. The molecule has 0 aliphatic carbocycles. The molecular formula is C20H22N2O3. The first kappa shape index (κ1) is 18.5. The van der Waals surface area contributed by atoms with Gasteiger partial charge in [0.1, 0.15) is 6.61 Å². The Morgan fingerprint density at radius 2 is 1.84 bits per heavy atom. The number of rotatable bonds is 7. The number of carbonyl (C=O) groups is 1. The summed E-state index contributed by atoms with van der Waals surface area (Å²) in [6, 6.07) is 17.4. The van der Waals surface area contributed by atoms with E-state index in [0.717, 1.165) is 12.0 Å². The predicted octanol–water partition coefficient (Wildman–Crippen LogP) is 2.56. The molecule has 0 saturated carbocycles. The number of hydrogen-bond donors (Lipinski definition) is 3. The Morgan fingerprint density at radius 3 is 2.64 bits per heavy atom. The lowest BCUT2D eigenvalue weighted by molar-refractivity contribution is 0.124. The molecule has 3 N–H and O–H groups in total. The number of aliphatic hydroxyl groups is 1. The third kappa shape index (κ3) is 7.53. The van der Waals surface area contributed by atoms with Gasteiger partial charge in [-0.3, -0.25) is 0 Å². The first-order valence-corrected chi connectivity index (χ1v) is 8.10. The highest BCUT2D eigenvalue weighted by molar-refractivity contribution is 5.89. The molecule has 0 heterocycles. The second-order valence-electron chi connectivity index (χ2n) is 5.31. The maximum Gasteiger partial charge on any atom is 0.319 e. The van der Waals surface area contributed by atoms with Crippen LogP contribution in [0.5, 0.6) is 0 Å². The summed E-state index contributed by atoms with van der Waals surface area (Å²) < 4.78 is 5.71. The zero-order chi connectivity index (χ0) is 17.7. The smallest absolute Gasteiger partial charge is 0.319 e.